The third-order valence-electron chi connectivity index (χ3n) is 2.47. The molecule has 0 heterocycles. The lowest BCUT2D eigenvalue weighted by Crippen LogP contribution is -2.45. The Balaban J connectivity index is 0.00000441. The van der Waals surface area contributed by atoms with Crippen LogP contribution in [0.1, 0.15) is 20.8 Å². The highest BCUT2D eigenvalue weighted by molar-refractivity contribution is 14.0. The number of halogens is 1. The van der Waals surface area contributed by atoms with Crippen LogP contribution in [0.4, 0.5) is 0 Å². The summed E-state index contributed by atoms with van der Waals surface area (Å²) in [7, 11) is 3.20. The summed E-state index contributed by atoms with van der Waals surface area (Å²) < 4.78 is 16.0. The lowest BCUT2D eigenvalue weighted by Gasteiger charge is -2.21. The molecular weight excluding hydrogens is 397 g/mol. The zero-order chi connectivity index (χ0) is 15.9. The molecule has 6 nitrogen and oxygen atoms in total. The number of guanidine groups is 1. The van der Waals surface area contributed by atoms with Gasteiger partial charge in [0.1, 0.15) is 23.9 Å². The molecule has 0 aromatic heterocycles. The second-order valence-corrected chi connectivity index (χ2v) is 5.54. The van der Waals surface area contributed by atoms with Gasteiger partial charge in [0.25, 0.3) is 0 Å². The van der Waals surface area contributed by atoms with Crippen LogP contribution in [0.25, 0.3) is 0 Å². The Morgan fingerprint density at radius 1 is 1.09 bits per heavy atom. The van der Waals surface area contributed by atoms with Gasteiger partial charge in [0.15, 0.2) is 5.96 Å². The molecule has 126 valence electrons. The van der Waals surface area contributed by atoms with E-state index in [0.29, 0.717) is 36.4 Å². The maximum absolute atomic E-state index is 5.77. The van der Waals surface area contributed by atoms with Crippen molar-refractivity contribution < 1.29 is 14.2 Å². The van der Waals surface area contributed by atoms with Gasteiger partial charge in [-0.1, -0.05) is 0 Å². The van der Waals surface area contributed by atoms with Gasteiger partial charge in [-0.05, 0) is 20.8 Å². The van der Waals surface area contributed by atoms with Crippen molar-refractivity contribution in [3.63, 3.8) is 0 Å². The Morgan fingerprint density at radius 3 is 2.05 bits per heavy atom. The Morgan fingerprint density at radius 2 is 1.59 bits per heavy atom. The summed E-state index contributed by atoms with van der Waals surface area (Å²) >= 11 is 0. The molecule has 0 bridgehead atoms. The van der Waals surface area contributed by atoms with Gasteiger partial charge in [-0.15, -0.1) is 24.0 Å². The van der Waals surface area contributed by atoms with E-state index in [2.05, 4.69) is 10.3 Å². The van der Waals surface area contributed by atoms with Crippen LogP contribution in [0.3, 0.4) is 0 Å². The van der Waals surface area contributed by atoms with Crippen molar-refractivity contribution in [2.75, 3.05) is 27.4 Å². The van der Waals surface area contributed by atoms with Gasteiger partial charge in [0.2, 0.25) is 0 Å². The summed E-state index contributed by atoms with van der Waals surface area (Å²) in [6, 6.07) is 5.38. The number of hydrogen-bond acceptors (Lipinski definition) is 4. The molecule has 0 saturated heterocycles. The van der Waals surface area contributed by atoms with Crippen LogP contribution < -0.4 is 25.3 Å². The predicted octanol–water partition coefficient (Wildman–Crippen LogP) is 2.40. The topological polar surface area (TPSA) is 78.1 Å². The van der Waals surface area contributed by atoms with E-state index in [1.807, 2.05) is 20.8 Å². The second kappa shape index (κ2) is 9.60. The maximum atomic E-state index is 5.77. The highest BCUT2D eigenvalue weighted by atomic mass is 127. The number of methoxy groups -OCH3 is 2. The quantitative estimate of drug-likeness (QED) is 0.318. The Kier molecular flexibility index (Phi) is 9.00. The summed E-state index contributed by atoms with van der Waals surface area (Å²) in [6.07, 6.45) is 0. The number of benzene rings is 1. The number of ether oxygens (including phenoxy) is 3. The maximum Gasteiger partial charge on any atom is 0.189 e. The first-order valence-electron chi connectivity index (χ1n) is 6.78. The molecule has 0 spiro atoms. The lowest BCUT2D eigenvalue weighted by atomic mass is 10.1. The van der Waals surface area contributed by atoms with Crippen molar-refractivity contribution in [1.82, 2.24) is 5.32 Å². The van der Waals surface area contributed by atoms with Gasteiger partial charge in [0.05, 0.1) is 20.8 Å². The van der Waals surface area contributed by atoms with Gasteiger partial charge >= 0.3 is 0 Å². The molecule has 1 aromatic carbocycles. The molecule has 3 N–H and O–H groups in total. The smallest absolute Gasteiger partial charge is 0.189 e. The normalized spacial score (nSPS) is 11.4. The van der Waals surface area contributed by atoms with Crippen molar-refractivity contribution in [2.24, 2.45) is 10.7 Å². The first kappa shape index (κ1) is 20.6. The molecule has 0 aliphatic carbocycles. The van der Waals surface area contributed by atoms with Crippen LogP contribution in [0.2, 0.25) is 0 Å². The molecule has 0 fully saturated rings. The molecule has 0 aliphatic rings. The molecule has 1 aromatic rings. The number of rotatable bonds is 6. The minimum atomic E-state index is -0.103. The first-order chi connectivity index (χ1) is 9.84. The Bertz CT molecular complexity index is 465. The molecule has 0 atom stereocenters. The van der Waals surface area contributed by atoms with E-state index in [-0.39, 0.29) is 29.5 Å². The zero-order valence-electron chi connectivity index (χ0n) is 13.8. The lowest BCUT2D eigenvalue weighted by molar-refractivity contribution is 0.320. The standard InChI is InChI=1S/C15H25N3O3.HI/c1-15(2,3)18-14(16)17-6-7-21-13-9-11(19-4)8-12(10-13)20-5;/h8-10H,6-7H2,1-5H3,(H3,16,17,18);1H. The van der Waals surface area contributed by atoms with Crippen LogP contribution in [0.5, 0.6) is 17.2 Å². The number of hydrogen-bond donors (Lipinski definition) is 2. The van der Waals surface area contributed by atoms with Crippen LogP contribution in [-0.2, 0) is 0 Å². The minimum Gasteiger partial charge on any atom is -0.496 e. The Labute approximate surface area is 149 Å². The van der Waals surface area contributed by atoms with Crippen molar-refractivity contribution >= 4 is 29.9 Å². The predicted molar refractivity (Wildman–Crippen MR) is 99.8 cm³/mol. The molecule has 0 unspecified atom stereocenters. The molecule has 1 rings (SSSR count). The minimum absolute atomic E-state index is 0. The highest BCUT2D eigenvalue weighted by Gasteiger charge is 2.09. The largest absolute Gasteiger partial charge is 0.496 e. The molecule has 0 aliphatic heterocycles. The van der Waals surface area contributed by atoms with Crippen LogP contribution in [-0.4, -0.2) is 38.9 Å². The van der Waals surface area contributed by atoms with Crippen LogP contribution in [0.15, 0.2) is 23.2 Å². The van der Waals surface area contributed by atoms with E-state index in [1.54, 1.807) is 32.4 Å². The van der Waals surface area contributed by atoms with Crippen molar-refractivity contribution in [3.8, 4) is 17.2 Å². The highest BCUT2D eigenvalue weighted by Crippen LogP contribution is 2.27. The molecule has 0 amide bonds. The van der Waals surface area contributed by atoms with Crippen LogP contribution >= 0.6 is 24.0 Å². The van der Waals surface area contributed by atoms with E-state index in [0.717, 1.165) is 0 Å². The van der Waals surface area contributed by atoms with Crippen molar-refractivity contribution in [3.05, 3.63) is 18.2 Å². The van der Waals surface area contributed by atoms with E-state index in [9.17, 15) is 0 Å². The molecular formula is C15H26IN3O3. The van der Waals surface area contributed by atoms with Crippen molar-refractivity contribution in [1.29, 1.82) is 0 Å². The van der Waals surface area contributed by atoms with Gasteiger partial charge in [-0.3, -0.25) is 0 Å². The fraction of sp³-hybridized carbons (Fsp3) is 0.533. The number of nitrogens with one attached hydrogen (secondary N) is 1. The van der Waals surface area contributed by atoms with E-state index in [1.165, 1.54) is 0 Å². The number of nitrogens with zero attached hydrogens (tertiary/aromatic N) is 1. The fourth-order valence-electron chi connectivity index (χ4n) is 1.62. The molecule has 7 heteroatoms. The van der Waals surface area contributed by atoms with Gasteiger partial charge < -0.3 is 25.3 Å². The van der Waals surface area contributed by atoms with Crippen LogP contribution in [0, 0.1) is 0 Å². The second-order valence-electron chi connectivity index (χ2n) is 5.54. The molecule has 22 heavy (non-hydrogen) atoms. The van der Waals surface area contributed by atoms with Crippen molar-refractivity contribution in [2.45, 2.75) is 26.3 Å². The average molecular weight is 423 g/mol. The van der Waals surface area contributed by atoms with E-state index >= 15 is 0 Å². The average Bonchev–Trinajstić information content (AvgIpc) is 2.41. The number of aliphatic imine (C=N–C) groups is 1. The fourth-order valence-corrected chi connectivity index (χ4v) is 1.62. The monoisotopic (exact) mass is 423 g/mol. The summed E-state index contributed by atoms with van der Waals surface area (Å²) in [5.41, 5.74) is 5.67. The number of nitrogens with two attached hydrogens (primary N) is 1. The Hall–Kier alpha value is -1.38. The van der Waals surface area contributed by atoms with Gasteiger partial charge in [-0.25, -0.2) is 4.99 Å². The van der Waals surface area contributed by atoms with Gasteiger partial charge in [0, 0.05) is 23.7 Å². The summed E-state index contributed by atoms with van der Waals surface area (Å²) in [6.45, 7) is 6.95. The third-order valence-corrected chi connectivity index (χ3v) is 2.47. The molecule has 0 radical (unpaired) electrons. The SMILES string of the molecule is COc1cc(OC)cc(OCCN=C(N)NC(C)(C)C)c1.I. The van der Waals surface area contributed by atoms with E-state index < -0.39 is 0 Å². The van der Waals surface area contributed by atoms with E-state index in [4.69, 9.17) is 19.9 Å². The zero-order valence-corrected chi connectivity index (χ0v) is 16.1. The van der Waals surface area contributed by atoms with Gasteiger partial charge in [-0.2, -0.15) is 0 Å². The first-order valence-corrected chi connectivity index (χ1v) is 6.78. The summed E-state index contributed by atoms with van der Waals surface area (Å²) in [5, 5.41) is 3.09. The summed E-state index contributed by atoms with van der Waals surface area (Å²) in [5.74, 6) is 2.45. The third kappa shape index (κ3) is 8.16. The molecule has 0 saturated carbocycles. The summed E-state index contributed by atoms with van der Waals surface area (Å²) in [4.78, 5) is 4.21.